The lowest BCUT2D eigenvalue weighted by Crippen LogP contribution is -2.38. The van der Waals surface area contributed by atoms with Crippen LogP contribution in [0.3, 0.4) is 0 Å². The molecule has 0 spiro atoms. The number of hydrogen-bond donors (Lipinski definition) is 1. The fraction of sp³-hybridized carbons (Fsp3) is 0.500. The van der Waals surface area contributed by atoms with E-state index in [4.69, 9.17) is 0 Å². The average molecular weight is 349 g/mol. The van der Waals surface area contributed by atoms with Gasteiger partial charge in [0.2, 0.25) is 0 Å². The van der Waals surface area contributed by atoms with E-state index in [9.17, 15) is 0 Å². The molecular weight excluding hydrogens is 316 g/mol. The number of rotatable bonds is 6. The largest absolute Gasteiger partial charge is 0.312 e. The molecule has 26 heavy (non-hydrogen) atoms. The number of benzene rings is 2. The zero-order valence-corrected chi connectivity index (χ0v) is 15.8. The van der Waals surface area contributed by atoms with Crippen molar-refractivity contribution in [3.63, 3.8) is 0 Å². The highest BCUT2D eigenvalue weighted by Gasteiger charge is 2.33. The first-order valence-corrected chi connectivity index (χ1v) is 10.4. The van der Waals surface area contributed by atoms with E-state index in [1.165, 1.54) is 49.8 Å². The molecule has 138 valence electrons. The van der Waals surface area contributed by atoms with Crippen molar-refractivity contribution in [2.75, 3.05) is 19.6 Å². The molecule has 1 saturated heterocycles. The molecule has 4 rings (SSSR count). The highest BCUT2D eigenvalue weighted by atomic mass is 15.2. The van der Waals surface area contributed by atoms with E-state index in [2.05, 4.69) is 70.9 Å². The van der Waals surface area contributed by atoms with E-state index in [0.717, 1.165) is 25.6 Å². The third-order valence-corrected chi connectivity index (χ3v) is 6.27. The van der Waals surface area contributed by atoms with E-state index < -0.39 is 0 Å². The third kappa shape index (κ3) is 4.55. The van der Waals surface area contributed by atoms with E-state index in [1.54, 1.807) is 0 Å². The molecule has 2 fully saturated rings. The van der Waals surface area contributed by atoms with Crippen molar-refractivity contribution in [2.45, 2.75) is 50.6 Å². The van der Waals surface area contributed by atoms with Crippen LogP contribution in [0.15, 0.2) is 60.7 Å². The van der Waals surface area contributed by atoms with Crippen LogP contribution in [0.4, 0.5) is 0 Å². The Morgan fingerprint density at radius 1 is 0.808 bits per heavy atom. The Kier molecular flexibility index (Phi) is 6.03. The molecule has 2 aromatic rings. The summed E-state index contributed by atoms with van der Waals surface area (Å²) in [4.78, 5) is 2.63. The van der Waals surface area contributed by atoms with Gasteiger partial charge in [-0.25, -0.2) is 0 Å². The summed E-state index contributed by atoms with van der Waals surface area (Å²) >= 11 is 0. The van der Waals surface area contributed by atoms with Crippen molar-refractivity contribution in [1.29, 1.82) is 0 Å². The normalized spacial score (nSPS) is 24.8. The zero-order chi connectivity index (χ0) is 17.6. The Bertz CT molecular complexity index is 648. The molecule has 2 aliphatic rings. The maximum atomic E-state index is 3.97. The van der Waals surface area contributed by atoms with Gasteiger partial charge in [-0.1, -0.05) is 79.9 Å². The molecule has 1 saturated carbocycles. The topological polar surface area (TPSA) is 15.3 Å². The molecule has 2 nitrogen and oxygen atoms in total. The minimum atomic E-state index is 0.572. The SMILES string of the molecule is c1ccc(CN2C[C@@H](NCC3CCCCC3)[C@H](c3ccccc3)C2)cc1. The molecule has 0 amide bonds. The van der Waals surface area contributed by atoms with Crippen LogP contribution in [-0.2, 0) is 6.54 Å². The van der Waals surface area contributed by atoms with Gasteiger partial charge >= 0.3 is 0 Å². The average Bonchev–Trinajstić information content (AvgIpc) is 3.11. The predicted molar refractivity (Wildman–Crippen MR) is 109 cm³/mol. The molecule has 2 heteroatoms. The second-order valence-electron chi connectivity index (χ2n) is 8.22. The van der Waals surface area contributed by atoms with Crippen molar-refractivity contribution in [1.82, 2.24) is 10.2 Å². The lowest BCUT2D eigenvalue weighted by atomic mass is 9.88. The Morgan fingerprint density at radius 3 is 2.23 bits per heavy atom. The Labute approximate surface area is 158 Å². The maximum Gasteiger partial charge on any atom is 0.0276 e. The van der Waals surface area contributed by atoms with Crippen LogP contribution in [-0.4, -0.2) is 30.6 Å². The zero-order valence-electron chi connectivity index (χ0n) is 15.8. The fourth-order valence-corrected chi connectivity index (χ4v) is 4.81. The van der Waals surface area contributed by atoms with Crippen LogP contribution in [0.5, 0.6) is 0 Å². The van der Waals surface area contributed by atoms with Crippen LogP contribution in [0, 0.1) is 5.92 Å². The van der Waals surface area contributed by atoms with E-state index in [1.807, 2.05) is 0 Å². The smallest absolute Gasteiger partial charge is 0.0276 e. The standard InChI is InChI=1S/C24H32N2/c1-4-10-20(11-5-1)16-25-24-19-26(17-21-12-6-2-7-13-21)18-23(24)22-14-8-3-9-15-22/h2-3,6-9,12-15,20,23-25H,1,4-5,10-11,16-19H2/t23-,24+/m0/s1. The molecular formula is C24H32N2. The number of nitrogens with zero attached hydrogens (tertiary/aromatic N) is 1. The molecule has 1 N–H and O–H groups in total. The lowest BCUT2D eigenvalue weighted by Gasteiger charge is -2.26. The molecule has 0 bridgehead atoms. The number of nitrogens with one attached hydrogen (secondary N) is 1. The van der Waals surface area contributed by atoms with Crippen molar-refractivity contribution >= 4 is 0 Å². The van der Waals surface area contributed by atoms with Crippen LogP contribution in [0.2, 0.25) is 0 Å². The molecule has 0 radical (unpaired) electrons. The van der Waals surface area contributed by atoms with Crippen molar-refractivity contribution in [3.8, 4) is 0 Å². The molecule has 1 aliphatic heterocycles. The molecule has 2 aromatic carbocycles. The summed E-state index contributed by atoms with van der Waals surface area (Å²) in [6, 6.07) is 22.6. The molecule has 0 aromatic heterocycles. The Hall–Kier alpha value is -1.64. The van der Waals surface area contributed by atoms with Gasteiger partial charge < -0.3 is 5.32 Å². The summed E-state index contributed by atoms with van der Waals surface area (Å²) in [5.41, 5.74) is 2.91. The van der Waals surface area contributed by atoms with E-state index in [0.29, 0.717) is 12.0 Å². The van der Waals surface area contributed by atoms with Crippen LogP contribution < -0.4 is 5.32 Å². The van der Waals surface area contributed by atoms with Crippen molar-refractivity contribution in [3.05, 3.63) is 71.8 Å². The summed E-state index contributed by atoms with van der Waals surface area (Å²) in [6.45, 7) is 4.57. The first-order valence-electron chi connectivity index (χ1n) is 10.4. The van der Waals surface area contributed by atoms with Crippen LogP contribution >= 0.6 is 0 Å². The first-order chi connectivity index (χ1) is 12.9. The van der Waals surface area contributed by atoms with Gasteiger partial charge in [0, 0.05) is 31.6 Å². The van der Waals surface area contributed by atoms with Gasteiger partial charge in [-0.05, 0) is 36.4 Å². The maximum absolute atomic E-state index is 3.97. The summed E-state index contributed by atoms with van der Waals surface area (Å²) < 4.78 is 0. The minimum absolute atomic E-state index is 0.572. The van der Waals surface area contributed by atoms with Crippen molar-refractivity contribution in [2.24, 2.45) is 5.92 Å². The van der Waals surface area contributed by atoms with Gasteiger partial charge in [0.1, 0.15) is 0 Å². The third-order valence-electron chi connectivity index (χ3n) is 6.27. The summed E-state index contributed by atoms with van der Waals surface area (Å²) in [6.07, 6.45) is 7.14. The summed E-state index contributed by atoms with van der Waals surface area (Å²) in [5, 5.41) is 3.97. The molecule has 1 aliphatic carbocycles. The quantitative estimate of drug-likeness (QED) is 0.805. The van der Waals surface area contributed by atoms with Gasteiger partial charge in [-0.2, -0.15) is 0 Å². The summed E-state index contributed by atoms with van der Waals surface area (Å²) in [7, 11) is 0. The Balaban J connectivity index is 1.42. The highest BCUT2D eigenvalue weighted by Crippen LogP contribution is 2.30. The predicted octanol–water partition coefficient (Wildman–Crippen LogP) is 4.82. The number of likely N-dealkylation sites (tertiary alicyclic amines) is 1. The van der Waals surface area contributed by atoms with Gasteiger partial charge in [-0.3, -0.25) is 4.90 Å². The van der Waals surface area contributed by atoms with Gasteiger partial charge in [0.05, 0.1) is 0 Å². The first kappa shape index (κ1) is 17.8. The van der Waals surface area contributed by atoms with E-state index >= 15 is 0 Å². The minimum Gasteiger partial charge on any atom is -0.312 e. The van der Waals surface area contributed by atoms with Crippen LogP contribution in [0.1, 0.15) is 49.1 Å². The lowest BCUT2D eigenvalue weighted by molar-refractivity contribution is 0.303. The molecule has 1 heterocycles. The van der Waals surface area contributed by atoms with Crippen LogP contribution in [0.25, 0.3) is 0 Å². The van der Waals surface area contributed by atoms with Gasteiger partial charge in [0.25, 0.3) is 0 Å². The van der Waals surface area contributed by atoms with Gasteiger partial charge in [0.15, 0.2) is 0 Å². The van der Waals surface area contributed by atoms with Crippen molar-refractivity contribution < 1.29 is 0 Å². The Morgan fingerprint density at radius 2 is 1.50 bits per heavy atom. The number of hydrogen-bond acceptors (Lipinski definition) is 2. The monoisotopic (exact) mass is 348 g/mol. The van der Waals surface area contributed by atoms with E-state index in [-0.39, 0.29) is 0 Å². The molecule has 0 unspecified atom stereocenters. The highest BCUT2D eigenvalue weighted by molar-refractivity contribution is 5.24. The second-order valence-corrected chi connectivity index (χ2v) is 8.22. The fourth-order valence-electron chi connectivity index (χ4n) is 4.81. The summed E-state index contributed by atoms with van der Waals surface area (Å²) in [5.74, 6) is 1.49. The second kappa shape index (κ2) is 8.83. The molecule has 2 atom stereocenters. The van der Waals surface area contributed by atoms with Gasteiger partial charge in [-0.15, -0.1) is 0 Å².